The highest BCUT2D eigenvalue weighted by Crippen LogP contribution is 2.30. The monoisotopic (exact) mass is 1420 g/mol. The van der Waals surface area contributed by atoms with Gasteiger partial charge in [-0.2, -0.15) is 13.2 Å². The van der Waals surface area contributed by atoms with Gasteiger partial charge in [-0.3, -0.25) is 57.5 Å². The van der Waals surface area contributed by atoms with E-state index in [1.165, 1.54) is 85.2 Å². The first-order chi connectivity index (χ1) is 46.9. The third kappa shape index (κ3) is 22.4. The van der Waals surface area contributed by atoms with Gasteiger partial charge in [0.05, 0.1) is 31.6 Å². The Morgan fingerprint density at radius 3 is 1.64 bits per heavy atom. The molecule has 3 aromatic rings. The maximum atomic E-state index is 15.5. The molecule has 2 heterocycles. The SMILES string of the molecule is CC[C@H](C)[C@@H]1NC(=O)[C@H](C)N(C)C(=O)C[C@@H](C(=O)N2CCCCC2)NC(=O)[C@H](C(C)C)N(C)C(=O)[C@H](Cc2ccccc2)N(C)C(=O)[C@H](CC(C)C)N(C)C(=O)[C@H](CCc2ccc(C(F)(F)F)cc2)NC(=O)CN(C)C(=O)[C@H](Cc2ccc(Cl)cc2)N(C)C(=O)CN(C)C(=O)CN(C)C1=O. The molecule has 0 aliphatic carbocycles. The van der Waals surface area contributed by atoms with E-state index in [4.69, 9.17) is 11.6 Å². The van der Waals surface area contributed by atoms with Gasteiger partial charge < -0.3 is 60.0 Å². The number of halogens is 4. The van der Waals surface area contributed by atoms with E-state index in [0.29, 0.717) is 54.1 Å². The fourth-order valence-electron chi connectivity index (χ4n) is 12.3. The fraction of sp³-hybridized carbons (Fsp3) is 0.583. The molecule has 0 bridgehead atoms. The summed E-state index contributed by atoms with van der Waals surface area (Å²) < 4.78 is 41.2. The molecule has 0 saturated carbocycles. The molecule has 24 nitrogen and oxygen atoms in total. The summed E-state index contributed by atoms with van der Waals surface area (Å²) in [6, 6.07) is 8.54. The molecular weight excluding hydrogens is 1320 g/mol. The first-order valence-corrected chi connectivity index (χ1v) is 34.4. The van der Waals surface area contributed by atoms with Gasteiger partial charge in [0.1, 0.15) is 48.3 Å². The molecule has 0 aromatic heterocycles. The predicted molar refractivity (Wildman–Crippen MR) is 371 cm³/mol. The van der Waals surface area contributed by atoms with E-state index < -0.39 is 169 Å². The number of benzene rings is 3. The maximum Gasteiger partial charge on any atom is 0.416 e. The lowest BCUT2D eigenvalue weighted by Crippen LogP contribution is -2.61. The Balaban J connectivity index is 1.65. The summed E-state index contributed by atoms with van der Waals surface area (Å²) in [5.74, 6) is -10.4. The van der Waals surface area contributed by atoms with E-state index in [1.807, 2.05) is 13.8 Å². The minimum absolute atomic E-state index is 0.00559. The van der Waals surface area contributed by atoms with Crippen molar-refractivity contribution in [1.82, 2.24) is 60.0 Å². The van der Waals surface area contributed by atoms with Gasteiger partial charge in [-0.05, 0) is 104 Å². The van der Waals surface area contributed by atoms with Crippen molar-refractivity contribution in [2.45, 2.75) is 167 Å². The van der Waals surface area contributed by atoms with Crippen LogP contribution in [0.1, 0.15) is 116 Å². The van der Waals surface area contributed by atoms with Crippen LogP contribution >= 0.6 is 11.6 Å². The Labute approximate surface area is 590 Å². The zero-order valence-electron chi connectivity index (χ0n) is 60.4. The predicted octanol–water partition coefficient (Wildman–Crippen LogP) is 4.93. The van der Waals surface area contributed by atoms with E-state index in [1.54, 1.807) is 87.2 Å². The molecule has 9 atom stereocenters. The topological polar surface area (TPSA) is 270 Å². The van der Waals surface area contributed by atoms with Gasteiger partial charge in [-0.15, -0.1) is 0 Å². The number of hydrogen-bond donors (Lipinski definition) is 3. The first-order valence-electron chi connectivity index (χ1n) is 34.1. The van der Waals surface area contributed by atoms with Crippen molar-refractivity contribution < 1.29 is 70.7 Å². The van der Waals surface area contributed by atoms with E-state index in [-0.39, 0.29) is 38.0 Å². The third-order valence-electron chi connectivity index (χ3n) is 19.1. The van der Waals surface area contributed by atoms with E-state index in [2.05, 4.69) is 16.0 Å². The molecule has 0 unspecified atom stereocenters. The summed E-state index contributed by atoms with van der Waals surface area (Å²) in [6.45, 7) is 10.7. The molecule has 2 saturated heterocycles. The van der Waals surface area contributed by atoms with E-state index in [0.717, 1.165) is 48.0 Å². The minimum atomic E-state index is -4.65. The number of aryl methyl sites for hydroxylation is 1. The number of likely N-dealkylation sites (tertiary alicyclic amines) is 1. The van der Waals surface area contributed by atoms with Crippen molar-refractivity contribution >= 4 is 82.5 Å². The van der Waals surface area contributed by atoms with Gasteiger partial charge >= 0.3 is 6.18 Å². The highest BCUT2D eigenvalue weighted by Gasteiger charge is 2.44. The Morgan fingerprint density at radius 1 is 0.550 bits per heavy atom. The summed E-state index contributed by atoms with van der Waals surface area (Å²) in [4.78, 5) is 187. The van der Waals surface area contributed by atoms with Crippen molar-refractivity contribution in [2.75, 3.05) is 89.1 Å². The standard InChI is InChI=1S/C72H102ClF3N12O12/c1-16-46(6)62-71(100)82(10)42-60(91)80(8)43-61(92)84(12)56(39-50-27-32-52(73)33-28-50)68(97)81(9)41-58(89)77-53(34-29-48-25-30-51(31-26-48)72(74,75)76)66(95)85(13)55(37-44(2)3)69(98)86(14)57(38-49-23-19-17-20-24-49)70(99)87(15)63(45(4)5)65(94)78-54(67(96)88-35-21-18-22-36-88)40-59(90)83(11)47(7)64(93)79-62/h17,19-20,23-28,30-33,44-47,53-57,62-63H,16,18,21-22,29,34-43H2,1-15H3,(H,77,89)(H,78,94)(H,79,93)/t46-,47-,53-,54-,55-,56-,57-,62-,63-/m0/s1. The molecule has 0 spiro atoms. The summed E-state index contributed by atoms with van der Waals surface area (Å²) in [7, 11) is 10.8. The van der Waals surface area contributed by atoms with Crippen LogP contribution in [-0.2, 0) is 83.0 Å². The molecule has 12 amide bonds. The molecule has 28 heteroatoms. The molecule has 3 N–H and O–H groups in total. The van der Waals surface area contributed by atoms with Crippen LogP contribution in [0, 0.1) is 17.8 Å². The largest absolute Gasteiger partial charge is 0.416 e. The number of nitrogens with one attached hydrogen (secondary N) is 3. The lowest BCUT2D eigenvalue weighted by Gasteiger charge is -2.39. The summed E-state index contributed by atoms with van der Waals surface area (Å²) >= 11 is 6.23. The highest BCUT2D eigenvalue weighted by molar-refractivity contribution is 6.30. The maximum absolute atomic E-state index is 15.5. The van der Waals surface area contributed by atoms with Crippen molar-refractivity contribution in [3.05, 3.63) is 106 Å². The van der Waals surface area contributed by atoms with Gasteiger partial charge in [0.2, 0.25) is 70.9 Å². The summed E-state index contributed by atoms with van der Waals surface area (Å²) in [5.41, 5.74) is 0.601. The number of amides is 12. The third-order valence-corrected chi connectivity index (χ3v) is 19.3. The van der Waals surface area contributed by atoms with Crippen LogP contribution in [0.15, 0.2) is 78.9 Å². The fourth-order valence-corrected chi connectivity index (χ4v) is 12.4. The second-order valence-corrected chi connectivity index (χ2v) is 27.9. The molecular formula is C72H102ClF3N12O12. The van der Waals surface area contributed by atoms with Gasteiger partial charge in [0.15, 0.2) is 0 Å². The van der Waals surface area contributed by atoms with Gasteiger partial charge in [0.25, 0.3) is 0 Å². The van der Waals surface area contributed by atoms with Crippen LogP contribution in [-0.4, -0.2) is 252 Å². The zero-order valence-corrected chi connectivity index (χ0v) is 61.2. The number of piperidine rings is 1. The highest BCUT2D eigenvalue weighted by atomic mass is 35.5. The average molecular weight is 1420 g/mol. The Hall–Kier alpha value is -8.62. The van der Waals surface area contributed by atoms with Crippen LogP contribution in [0.25, 0.3) is 0 Å². The van der Waals surface area contributed by atoms with E-state index in [9.17, 15) is 51.5 Å². The molecule has 3 aromatic carbocycles. The van der Waals surface area contributed by atoms with Crippen LogP contribution in [0.5, 0.6) is 0 Å². The lowest BCUT2D eigenvalue weighted by atomic mass is 9.96. The second kappa shape index (κ2) is 37.2. The van der Waals surface area contributed by atoms with Gasteiger partial charge in [0, 0.05) is 87.3 Å². The number of rotatable bonds is 13. The number of carbonyl (C=O) groups is 12. The van der Waals surface area contributed by atoms with Crippen molar-refractivity contribution in [3.63, 3.8) is 0 Å². The molecule has 0 radical (unpaired) electrons. The molecule has 5 rings (SSSR count). The van der Waals surface area contributed by atoms with Crippen molar-refractivity contribution in [3.8, 4) is 0 Å². The molecule has 100 heavy (non-hydrogen) atoms. The van der Waals surface area contributed by atoms with E-state index >= 15 is 19.2 Å². The van der Waals surface area contributed by atoms with Crippen LogP contribution in [0.3, 0.4) is 0 Å². The molecule has 2 aliphatic heterocycles. The molecule has 550 valence electrons. The normalized spacial score (nSPS) is 23.7. The molecule has 2 fully saturated rings. The lowest BCUT2D eigenvalue weighted by molar-refractivity contribution is -0.153. The smallest absolute Gasteiger partial charge is 0.343 e. The van der Waals surface area contributed by atoms with Crippen molar-refractivity contribution in [2.24, 2.45) is 17.8 Å². The number of hydrogen-bond acceptors (Lipinski definition) is 12. The van der Waals surface area contributed by atoms with Crippen molar-refractivity contribution in [1.29, 1.82) is 0 Å². The number of likely N-dealkylation sites (N-methyl/N-ethyl adjacent to an activating group) is 8. The van der Waals surface area contributed by atoms with Gasteiger partial charge in [-0.25, -0.2) is 0 Å². The van der Waals surface area contributed by atoms with Crippen LogP contribution in [0.2, 0.25) is 5.02 Å². The number of carbonyl (C=O) groups excluding carboxylic acids is 12. The van der Waals surface area contributed by atoms with Crippen LogP contribution < -0.4 is 16.0 Å². The minimum Gasteiger partial charge on any atom is -0.343 e. The summed E-state index contributed by atoms with van der Waals surface area (Å²) in [5, 5.41) is 8.66. The number of nitrogens with zero attached hydrogens (tertiary/aromatic N) is 9. The Bertz CT molecular complexity index is 3360. The first kappa shape index (κ1) is 82.1. The Morgan fingerprint density at radius 2 is 1.08 bits per heavy atom. The summed E-state index contributed by atoms with van der Waals surface area (Å²) in [6.07, 6.45) is -3.26. The number of alkyl halides is 3. The zero-order chi connectivity index (χ0) is 74.8. The second-order valence-electron chi connectivity index (χ2n) is 27.4. The molecule has 2 aliphatic rings. The average Bonchev–Trinajstić information content (AvgIpc) is 0.801. The quantitative estimate of drug-likeness (QED) is 0.206. The Kier molecular flexibility index (Phi) is 30.5. The van der Waals surface area contributed by atoms with Gasteiger partial charge in [-0.1, -0.05) is 114 Å². The van der Waals surface area contributed by atoms with Crippen LogP contribution in [0.4, 0.5) is 13.2 Å².